The van der Waals surface area contributed by atoms with Crippen LogP contribution in [0.4, 0.5) is 0 Å². The van der Waals surface area contributed by atoms with Gasteiger partial charge >= 0.3 is 5.97 Å². The fourth-order valence-electron chi connectivity index (χ4n) is 1.29. The molecule has 0 heterocycles. The van der Waals surface area contributed by atoms with Gasteiger partial charge in [0.15, 0.2) is 0 Å². The van der Waals surface area contributed by atoms with Crippen molar-refractivity contribution in [1.29, 1.82) is 0 Å². The predicted octanol–water partition coefficient (Wildman–Crippen LogP) is 1.07. The molecule has 0 radical (unpaired) electrons. The van der Waals surface area contributed by atoms with Crippen LogP contribution in [0.25, 0.3) is 12.2 Å². The van der Waals surface area contributed by atoms with E-state index in [1.165, 1.54) is 7.11 Å². The first-order valence-electron chi connectivity index (χ1n) is 4.41. The number of carbonyl (C=O) groups is 1. The van der Waals surface area contributed by atoms with Gasteiger partial charge in [-0.15, -0.1) is 0 Å². The molecule has 0 saturated carbocycles. The number of benzene rings is 1. The second kappa shape index (κ2) is 4.09. The summed E-state index contributed by atoms with van der Waals surface area (Å²) in [6.07, 6.45) is 0. The third kappa shape index (κ3) is 2.02. The Morgan fingerprint density at radius 3 is 2.50 bits per heavy atom. The summed E-state index contributed by atoms with van der Waals surface area (Å²) in [5, 5.41) is 1.94. The maximum atomic E-state index is 11.2. The predicted molar refractivity (Wildman–Crippen MR) is 57.3 cm³/mol. The number of methoxy groups -OCH3 is 1. The van der Waals surface area contributed by atoms with Crippen LogP contribution in [0.1, 0.15) is 24.2 Å². The number of hydrogen-bond acceptors (Lipinski definition) is 2. The fraction of sp³-hybridized carbons (Fsp3) is 0.250. The highest BCUT2D eigenvalue weighted by Gasteiger charge is 2.03. The second-order valence-corrected chi connectivity index (χ2v) is 3.36. The number of hydrogen-bond donors (Lipinski definition) is 0. The first-order chi connectivity index (χ1) is 6.56. The summed E-state index contributed by atoms with van der Waals surface area (Å²) in [5.74, 6) is -0.312. The van der Waals surface area contributed by atoms with Gasteiger partial charge in [0, 0.05) is 0 Å². The third-order valence-electron chi connectivity index (χ3n) is 2.07. The maximum Gasteiger partial charge on any atom is 0.337 e. The number of esters is 1. The van der Waals surface area contributed by atoms with Crippen LogP contribution in [0.2, 0.25) is 0 Å². The van der Waals surface area contributed by atoms with Crippen molar-refractivity contribution in [3.8, 4) is 0 Å². The Kier molecular flexibility index (Phi) is 3.07. The minimum Gasteiger partial charge on any atom is -0.465 e. The molecule has 74 valence electrons. The molecule has 0 atom stereocenters. The summed E-state index contributed by atoms with van der Waals surface area (Å²) in [7, 11) is 1.38. The van der Waals surface area contributed by atoms with Gasteiger partial charge in [-0.05, 0) is 36.4 Å². The zero-order valence-corrected chi connectivity index (χ0v) is 8.76. The molecular weight excluding hydrogens is 176 g/mol. The van der Waals surface area contributed by atoms with Crippen molar-refractivity contribution in [3.05, 3.63) is 34.2 Å². The van der Waals surface area contributed by atoms with Crippen molar-refractivity contribution >= 4 is 18.1 Å². The molecule has 0 spiro atoms. The van der Waals surface area contributed by atoms with E-state index in [1.54, 1.807) is 6.07 Å². The van der Waals surface area contributed by atoms with Crippen molar-refractivity contribution in [2.24, 2.45) is 0 Å². The van der Waals surface area contributed by atoms with E-state index in [1.807, 2.05) is 26.0 Å². The van der Waals surface area contributed by atoms with Gasteiger partial charge in [-0.2, -0.15) is 0 Å². The van der Waals surface area contributed by atoms with E-state index < -0.39 is 0 Å². The van der Waals surface area contributed by atoms with Crippen molar-refractivity contribution in [2.75, 3.05) is 7.11 Å². The molecular formula is C12H14O2. The summed E-state index contributed by atoms with van der Waals surface area (Å²) >= 11 is 0. The van der Waals surface area contributed by atoms with Crippen LogP contribution < -0.4 is 10.4 Å². The number of carbonyl (C=O) groups excluding carboxylic acids is 1. The molecule has 0 aliphatic carbocycles. The lowest BCUT2D eigenvalue weighted by Crippen LogP contribution is -2.25. The fourth-order valence-corrected chi connectivity index (χ4v) is 1.29. The molecule has 0 aliphatic rings. The normalized spacial score (nSPS) is 9.64. The largest absolute Gasteiger partial charge is 0.465 e. The Hall–Kier alpha value is -1.57. The van der Waals surface area contributed by atoms with Crippen molar-refractivity contribution in [3.63, 3.8) is 0 Å². The van der Waals surface area contributed by atoms with Crippen molar-refractivity contribution in [1.82, 2.24) is 0 Å². The highest BCUT2D eigenvalue weighted by molar-refractivity contribution is 5.89. The molecule has 0 saturated heterocycles. The van der Waals surface area contributed by atoms with Gasteiger partial charge in [0.2, 0.25) is 0 Å². The lowest BCUT2D eigenvalue weighted by atomic mass is 10.1. The van der Waals surface area contributed by atoms with Crippen LogP contribution in [0.15, 0.2) is 18.2 Å². The molecule has 0 aromatic heterocycles. The average Bonchev–Trinajstić information content (AvgIpc) is 2.17. The maximum absolute atomic E-state index is 11.2. The van der Waals surface area contributed by atoms with Gasteiger partial charge in [0.25, 0.3) is 0 Å². The van der Waals surface area contributed by atoms with E-state index in [2.05, 4.69) is 11.3 Å². The van der Waals surface area contributed by atoms with Gasteiger partial charge < -0.3 is 4.74 Å². The molecule has 1 aromatic carbocycles. The van der Waals surface area contributed by atoms with Gasteiger partial charge in [-0.3, -0.25) is 0 Å². The molecule has 2 nitrogen and oxygen atoms in total. The van der Waals surface area contributed by atoms with Crippen LogP contribution in [-0.2, 0) is 4.74 Å². The van der Waals surface area contributed by atoms with E-state index in [0.29, 0.717) is 5.56 Å². The topological polar surface area (TPSA) is 26.3 Å². The Morgan fingerprint density at radius 1 is 1.36 bits per heavy atom. The first-order valence-corrected chi connectivity index (χ1v) is 4.41. The molecule has 1 aromatic rings. The average molecular weight is 190 g/mol. The monoisotopic (exact) mass is 190 g/mol. The van der Waals surface area contributed by atoms with Crippen LogP contribution in [0, 0.1) is 0 Å². The number of rotatable bonds is 1. The van der Waals surface area contributed by atoms with E-state index in [-0.39, 0.29) is 5.97 Å². The summed E-state index contributed by atoms with van der Waals surface area (Å²) in [6, 6.07) is 5.36. The molecule has 14 heavy (non-hydrogen) atoms. The van der Waals surface area contributed by atoms with E-state index in [9.17, 15) is 4.79 Å². The zero-order chi connectivity index (χ0) is 10.7. The highest BCUT2D eigenvalue weighted by Crippen LogP contribution is 1.95. The Bertz CT molecular complexity index is 454. The standard InChI is InChI=1S/C12H14O2/c1-8(2)11-7-10(12(13)14-4)6-5-9(11)3/h5-7H,3H2,1-2,4H3. The van der Waals surface area contributed by atoms with E-state index in [4.69, 9.17) is 0 Å². The zero-order valence-electron chi connectivity index (χ0n) is 8.76. The van der Waals surface area contributed by atoms with Crippen LogP contribution >= 0.6 is 0 Å². The van der Waals surface area contributed by atoms with Gasteiger partial charge in [-0.25, -0.2) is 4.79 Å². The minimum atomic E-state index is -0.312. The summed E-state index contributed by atoms with van der Waals surface area (Å²) < 4.78 is 4.64. The van der Waals surface area contributed by atoms with Crippen LogP contribution in [0.3, 0.4) is 0 Å². The summed E-state index contributed by atoms with van der Waals surface area (Å²) in [6.45, 7) is 7.88. The summed E-state index contributed by atoms with van der Waals surface area (Å²) in [5.41, 5.74) is 1.71. The number of ether oxygens (including phenoxy) is 1. The lowest BCUT2D eigenvalue weighted by Gasteiger charge is -1.99. The van der Waals surface area contributed by atoms with E-state index >= 15 is 0 Å². The molecule has 0 N–H and O–H groups in total. The smallest absolute Gasteiger partial charge is 0.337 e. The Balaban J connectivity index is 3.43. The molecule has 0 amide bonds. The summed E-state index contributed by atoms with van der Waals surface area (Å²) in [4.78, 5) is 11.2. The van der Waals surface area contributed by atoms with Crippen molar-refractivity contribution in [2.45, 2.75) is 13.8 Å². The second-order valence-electron chi connectivity index (χ2n) is 3.36. The van der Waals surface area contributed by atoms with Crippen LogP contribution in [-0.4, -0.2) is 13.1 Å². The van der Waals surface area contributed by atoms with Crippen molar-refractivity contribution < 1.29 is 9.53 Å². The molecule has 2 heteroatoms. The molecule has 0 unspecified atom stereocenters. The molecule has 0 aliphatic heterocycles. The Labute approximate surface area is 83.5 Å². The first kappa shape index (κ1) is 10.5. The van der Waals surface area contributed by atoms with Gasteiger partial charge in [0.05, 0.1) is 12.7 Å². The minimum absolute atomic E-state index is 0.312. The molecule has 1 rings (SSSR count). The quantitative estimate of drug-likeness (QED) is 0.619. The van der Waals surface area contributed by atoms with E-state index in [0.717, 1.165) is 16.0 Å². The van der Waals surface area contributed by atoms with Crippen LogP contribution in [0.5, 0.6) is 0 Å². The lowest BCUT2D eigenvalue weighted by molar-refractivity contribution is 0.0600. The van der Waals surface area contributed by atoms with Gasteiger partial charge in [0.1, 0.15) is 0 Å². The molecule has 0 bridgehead atoms. The highest BCUT2D eigenvalue weighted by atomic mass is 16.5. The third-order valence-corrected chi connectivity index (χ3v) is 2.07. The molecule has 0 fully saturated rings. The van der Waals surface area contributed by atoms with Gasteiger partial charge in [-0.1, -0.05) is 18.2 Å². The Morgan fingerprint density at radius 2 is 2.00 bits per heavy atom. The SMILES string of the molecule is C=c1ccc(C(=O)OC)cc1=C(C)C.